The molecule has 0 aliphatic heterocycles. The van der Waals surface area contributed by atoms with Crippen LogP contribution >= 0.6 is 11.6 Å². The van der Waals surface area contributed by atoms with Crippen molar-refractivity contribution in [1.82, 2.24) is 34.7 Å². The molecule has 0 radical (unpaired) electrons. The maximum absolute atomic E-state index is 14.0. The van der Waals surface area contributed by atoms with Gasteiger partial charge in [-0.25, -0.2) is 22.8 Å². The summed E-state index contributed by atoms with van der Waals surface area (Å²) in [5.74, 6) is -0.446. The van der Waals surface area contributed by atoms with Gasteiger partial charge in [0.25, 0.3) is 0 Å². The minimum atomic E-state index is -4.19. The molecule has 16 heteroatoms. The Morgan fingerprint density at radius 3 is 2.23 bits per heavy atom. The van der Waals surface area contributed by atoms with Gasteiger partial charge in [0.05, 0.1) is 25.2 Å². The minimum Gasteiger partial charge on any atom is -0.479 e. The van der Waals surface area contributed by atoms with Gasteiger partial charge in [0.2, 0.25) is 27.7 Å². The number of sulfonamides is 1. The second kappa shape index (κ2) is 9.83. The van der Waals surface area contributed by atoms with E-state index in [2.05, 4.69) is 34.9 Å². The summed E-state index contributed by atoms with van der Waals surface area (Å²) in [5.41, 5.74) is 0.117. The van der Waals surface area contributed by atoms with Crippen LogP contribution < -0.4 is 14.2 Å². The maximum atomic E-state index is 14.0. The number of methoxy groups -OCH3 is 3. The van der Waals surface area contributed by atoms with Crippen molar-refractivity contribution < 1.29 is 27.0 Å². The van der Waals surface area contributed by atoms with E-state index in [1.54, 1.807) is 0 Å². The second-order valence-corrected chi connectivity index (χ2v) is 10.1. The van der Waals surface area contributed by atoms with Crippen LogP contribution in [0.1, 0.15) is 37.0 Å². The van der Waals surface area contributed by atoms with Gasteiger partial charge in [0.1, 0.15) is 29.7 Å². The van der Waals surface area contributed by atoms with E-state index in [-0.39, 0.29) is 46.5 Å². The summed E-state index contributed by atoms with van der Waals surface area (Å²) in [5, 5.41) is 7.12. The monoisotopic (exact) mass is 528 g/mol. The molecule has 1 saturated carbocycles. The number of ether oxygens (including phenoxy) is 3. The number of alkyl halides is 1. The molecule has 188 valence electrons. The van der Waals surface area contributed by atoms with Gasteiger partial charge >= 0.3 is 0 Å². The zero-order valence-electron chi connectivity index (χ0n) is 19.1. The first kappa shape index (κ1) is 24.9. The van der Waals surface area contributed by atoms with Crippen molar-refractivity contribution in [3.63, 3.8) is 0 Å². The summed E-state index contributed by atoms with van der Waals surface area (Å²) in [6.07, 6.45) is 1.90. The molecule has 1 N–H and O–H groups in total. The van der Waals surface area contributed by atoms with E-state index in [0.29, 0.717) is 0 Å². The van der Waals surface area contributed by atoms with Crippen LogP contribution in [-0.2, 0) is 14.8 Å². The van der Waals surface area contributed by atoms with Gasteiger partial charge in [-0.2, -0.15) is 9.97 Å². The van der Waals surface area contributed by atoms with Gasteiger partial charge in [-0.05, 0) is 13.3 Å². The topological polar surface area (TPSA) is 156 Å². The Morgan fingerprint density at radius 2 is 1.71 bits per heavy atom. The van der Waals surface area contributed by atoms with E-state index in [4.69, 9.17) is 25.8 Å². The predicted octanol–water partition coefficient (Wildman–Crippen LogP) is 1.86. The highest BCUT2D eigenvalue weighted by Crippen LogP contribution is 2.45. The quantitative estimate of drug-likeness (QED) is 0.409. The lowest BCUT2D eigenvalue weighted by Gasteiger charge is -2.22. The molecule has 0 aromatic carbocycles. The molecular weight excluding hydrogens is 507 g/mol. The first-order valence-corrected chi connectivity index (χ1v) is 12.2. The average molecular weight is 529 g/mol. The van der Waals surface area contributed by atoms with Gasteiger partial charge in [0.15, 0.2) is 11.5 Å². The first-order valence-electron chi connectivity index (χ1n) is 10.3. The normalized spacial score (nSPS) is 19.1. The molecule has 0 saturated heterocycles. The molecule has 1 aliphatic rings. The third-order valence-electron chi connectivity index (χ3n) is 5.40. The van der Waals surface area contributed by atoms with E-state index in [0.717, 1.165) is 0 Å². The Bertz CT molecular complexity index is 1290. The summed E-state index contributed by atoms with van der Waals surface area (Å²) >= 11 is 5.83. The van der Waals surface area contributed by atoms with Crippen LogP contribution in [0.4, 0.5) is 10.3 Å². The molecule has 13 nitrogen and oxygen atoms in total. The number of halogens is 2. The molecule has 3 aromatic heterocycles. The van der Waals surface area contributed by atoms with E-state index in [1.807, 2.05) is 0 Å². The molecule has 35 heavy (non-hydrogen) atoms. The molecular formula is C19H22ClFN8O5S. The SMILES string of the molecule is COc1ncnc(OC)c1-n1c(NS(=O)(=O)[C@@H](C)[C@H](OC)c2ncc(Cl)cn2)nnc1C1CC1F. The van der Waals surface area contributed by atoms with Gasteiger partial charge in [0, 0.05) is 19.5 Å². The molecule has 0 spiro atoms. The number of nitrogens with zero attached hydrogens (tertiary/aromatic N) is 7. The Hall–Kier alpha value is -3.17. The molecule has 3 heterocycles. The van der Waals surface area contributed by atoms with Gasteiger partial charge < -0.3 is 14.2 Å². The van der Waals surface area contributed by atoms with Crippen LogP contribution in [0.5, 0.6) is 11.8 Å². The molecule has 1 fully saturated rings. The lowest BCUT2D eigenvalue weighted by molar-refractivity contribution is 0.0950. The summed E-state index contributed by atoms with van der Waals surface area (Å²) in [4.78, 5) is 16.2. The van der Waals surface area contributed by atoms with Crippen LogP contribution in [0, 0.1) is 0 Å². The summed E-state index contributed by atoms with van der Waals surface area (Å²) < 4.78 is 60.5. The summed E-state index contributed by atoms with van der Waals surface area (Å²) in [7, 11) is -0.118. The van der Waals surface area contributed by atoms with Crippen molar-refractivity contribution in [3.05, 3.63) is 35.4 Å². The zero-order valence-corrected chi connectivity index (χ0v) is 20.7. The maximum Gasteiger partial charge on any atom is 0.245 e. The number of rotatable bonds is 10. The van der Waals surface area contributed by atoms with Crippen LogP contribution in [0.2, 0.25) is 5.02 Å². The Morgan fingerprint density at radius 1 is 1.11 bits per heavy atom. The van der Waals surface area contributed by atoms with Gasteiger partial charge in [-0.15, -0.1) is 10.2 Å². The van der Waals surface area contributed by atoms with Gasteiger partial charge in [-0.1, -0.05) is 11.6 Å². The second-order valence-electron chi connectivity index (χ2n) is 7.58. The number of hydrogen-bond acceptors (Lipinski definition) is 11. The van der Waals surface area contributed by atoms with E-state index in [1.165, 1.54) is 51.5 Å². The van der Waals surface area contributed by atoms with E-state index in [9.17, 15) is 12.8 Å². The van der Waals surface area contributed by atoms with Crippen LogP contribution in [0.15, 0.2) is 18.7 Å². The standard InChI is InChI=1S/C19H22ClFN8O5S/c1-9(14(32-2)15-22-6-10(20)7-23-15)35(30,31)28-19-27-26-16(11-5-12(11)21)29(19)13-17(33-3)24-8-25-18(13)34-4/h6-9,11-12,14H,5H2,1-4H3,(H,27,28)/t9-,11?,12?,14-/m0/s1. The molecule has 4 atom stereocenters. The number of nitrogens with one attached hydrogen (secondary N) is 1. The Balaban J connectivity index is 1.76. The van der Waals surface area contributed by atoms with Crippen molar-refractivity contribution in [1.29, 1.82) is 0 Å². The van der Waals surface area contributed by atoms with Crippen LogP contribution in [0.3, 0.4) is 0 Å². The fraction of sp³-hybridized carbons (Fsp3) is 0.474. The molecule has 1 aliphatic carbocycles. The van der Waals surface area contributed by atoms with Crippen molar-refractivity contribution in [2.45, 2.75) is 36.8 Å². The fourth-order valence-electron chi connectivity index (χ4n) is 3.45. The third kappa shape index (κ3) is 4.83. The first-order chi connectivity index (χ1) is 16.7. The fourth-order valence-corrected chi connectivity index (χ4v) is 4.68. The molecule has 0 amide bonds. The predicted molar refractivity (Wildman–Crippen MR) is 121 cm³/mol. The van der Waals surface area contributed by atoms with Gasteiger partial charge in [-0.3, -0.25) is 9.29 Å². The third-order valence-corrected chi connectivity index (χ3v) is 7.28. The smallest absolute Gasteiger partial charge is 0.245 e. The Kier molecular flexibility index (Phi) is 7.00. The minimum absolute atomic E-state index is 0.0480. The van der Waals surface area contributed by atoms with Crippen molar-refractivity contribution in [3.8, 4) is 17.4 Å². The lowest BCUT2D eigenvalue weighted by Crippen LogP contribution is -2.33. The lowest BCUT2D eigenvalue weighted by atomic mass is 10.2. The van der Waals surface area contributed by atoms with Crippen molar-refractivity contribution >= 4 is 27.6 Å². The highest BCUT2D eigenvalue weighted by molar-refractivity contribution is 7.93. The number of anilines is 1. The molecule has 3 aromatic rings. The van der Waals surface area contributed by atoms with Crippen molar-refractivity contribution in [2.75, 3.05) is 26.1 Å². The molecule has 2 unspecified atom stereocenters. The highest BCUT2D eigenvalue weighted by atomic mass is 35.5. The van der Waals surface area contributed by atoms with Crippen LogP contribution in [-0.4, -0.2) is 75.9 Å². The molecule has 0 bridgehead atoms. The summed E-state index contributed by atoms with van der Waals surface area (Å²) in [6, 6.07) is 0. The highest BCUT2D eigenvalue weighted by Gasteiger charge is 2.45. The molecule has 4 rings (SSSR count). The largest absolute Gasteiger partial charge is 0.479 e. The summed E-state index contributed by atoms with van der Waals surface area (Å²) in [6.45, 7) is 1.42. The Labute approximate surface area is 205 Å². The van der Waals surface area contributed by atoms with E-state index < -0.39 is 33.5 Å². The number of aromatic nitrogens is 7. The van der Waals surface area contributed by atoms with Crippen LogP contribution in [0.25, 0.3) is 5.69 Å². The zero-order chi connectivity index (χ0) is 25.3. The average Bonchev–Trinajstić information content (AvgIpc) is 3.44. The number of hydrogen-bond donors (Lipinski definition) is 1. The van der Waals surface area contributed by atoms with E-state index >= 15 is 0 Å². The van der Waals surface area contributed by atoms with Crippen molar-refractivity contribution in [2.24, 2.45) is 0 Å².